The van der Waals surface area contributed by atoms with Crippen molar-refractivity contribution in [3.05, 3.63) is 0 Å². The van der Waals surface area contributed by atoms with Crippen LogP contribution in [0.4, 0.5) is 0 Å². The van der Waals surface area contributed by atoms with E-state index in [0.29, 0.717) is 6.42 Å². The van der Waals surface area contributed by atoms with Crippen molar-refractivity contribution in [2.24, 2.45) is 0 Å². The van der Waals surface area contributed by atoms with Gasteiger partial charge >= 0.3 is 5.97 Å². The Morgan fingerprint density at radius 2 is 1.11 bits per heavy atom. The van der Waals surface area contributed by atoms with Crippen LogP contribution in [-0.4, -0.2) is 46.2 Å². The zero-order chi connectivity index (χ0) is 21.0. The number of carbonyl (C=O) groups excluding carboxylic acids is 1. The number of aliphatic hydroxyl groups is 3. The lowest BCUT2D eigenvalue weighted by Gasteiger charge is -2.19. The molecule has 0 aromatic rings. The van der Waals surface area contributed by atoms with Crippen LogP contribution in [0.25, 0.3) is 0 Å². The van der Waals surface area contributed by atoms with E-state index in [2.05, 4.69) is 6.92 Å². The number of carbonyl (C=O) groups is 1. The van der Waals surface area contributed by atoms with Crippen LogP contribution in [0.15, 0.2) is 0 Å². The quantitative estimate of drug-likeness (QED) is 0.199. The molecular weight excluding hydrogens is 356 g/mol. The Hall–Kier alpha value is -0.650. The van der Waals surface area contributed by atoms with Crippen LogP contribution in [0.2, 0.25) is 0 Å². The predicted molar refractivity (Wildman–Crippen MR) is 114 cm³/mol. The van der Waals surface area contributed by atoms with E-state index < -0.39 is 18.3 Å². The van der Waals surface area contributed by atoms with Crippen LogP contribution in [0.1, 0.15) is 117 Å². The summed E-state index contributed by atoms with van der Waals surface area (Å²) >= 11 is 0. The first-order valence-electron chi connectivity index (χ1n) is 11.7. The van der Waals surface area contributed by atoms with E-state index in [1.165, 1.54) is 84.0 Å². The number of ether oxygens (including phenoxy) is 1. The molecule has 0 saturated heterocycles. The highest BCUT2D eigenvalue weighted by molar-refractivity contribution is 5.69. The molecule has 1 unspecified atom stereocenters. The molecule has 0 aliphatic heterocycles. The van der Waals surface area contributed by atoms with Crippen molar-refractivity contribution < 1.29 is 24.9 Å². The average Bonchev–Trinajstić information content (AvgIpc) is 2.68. The molecule has 3 atom stereocenters. The van der Waals surface area contributed by atoms with Crippen molar-refractivity contribution in [2.75, 3.05) is 6.61 Å². The highest BCUT2D eigenvalue weighted by Crippen LogP contribution is 2.14. The maximum Gasteiger partial charge on any atom is 0.305 e. The Morgan fingerprint density at radius 3 is 1.50 bits per heavy atom. The second kappa shape index (κ2) is 19.7. The van der Waals surface area contributed by atoms with Crippen LogP contribution in [0.5, 0.6) is 0 Å². The van der Waals surface area contributed by atoms with Crippen LogP contribution in [0, 0.1) is 0 Å². The zero-order valence-corrected chi connectivity index (χ0v) is 18.4. The fourth-order valence-electron chi connectivity index (χ4n) is 3.31. The molecule has 0 rings (SSSR count). The molecule has 0 heterocycles. The highest BCUT2D eigenvalue weighted by atomic mass is 16.5. The lowest BCUT2D eigenvalue weighted by Crippen LogP contribution is -2.39. The third-order valence-corrected chi connectivity index (χ3v) is 5.29. The molecule has 0 amide bonds. The van der Waals surface area contributed by atoms with E-state index in [1.54, 1.807) is 0 Å². The van der Waals surface area contributed by atoms with Crippen LogP contribution in [-0.2, 0) is 9.53 Å². The minimum absolute atomic E-state index is 0.274. The van der Waals surface area contributed by atoms with E-state index >= 15 is 0 Å². The Bertz CT molecular complexity index is 346. The third kappa shape index (κ3) is 17.4. The van der Waals surface area contributed by atoms with Gasteiger partial charge in [0.05, 0.1) is 6.10 Å². The SMILES string of the molecule is CCCCCCCCCCCCCCCCCC(=O)OCC(O)[C@@H](O)[C@@H](C)O. The molecule has 0 aliphatic carbocycles. The molecule has 0 aromatic heterocycles. The minimum atomic E-state index is -1.29. The topological polar surface area (TPSA) is 87.0 Å². The molecule has 0 saturated carbocycles. The van der Waals surface area contributed by atoms with E-state index in [4.69, 9.17) is 9.84 Å². The Morgan fingerprint density at radius 1 is 0.714 bits per heavy atom. The smallest absolute Gasteiger partial charge is 0.305 e. The van der Waals surface area contributed by atoms with Crippen molar-refractivity contribution in [1.82, 2.24) is 0 Å². The van der Waals surface area contributed by atoms with Crippen molar-refractivity contribution >= 4 is 5.97 Å². The first-order valence-corrected chi connectivity index (χ1v) is 11.7. The summed E-state index contributed by atoms with van der Waals surface area (Å²) in [7, 11) is 0. The summed E-state index contributed by atoms with van der Waals surface area (Å²) in [5.74, 6) is -0.355. The van der Waals surface area contributed by atoms with Gasteiger partial charge in [-0.15, -0.1) is 0 Å². The Labute approximate surface area is 172 Å². The molecule has 0 bridgehead atoms. The summed E-state index contributed by atoms with van der Waals surface area (Å²) in [6.07, 6.45) is 16.0. The van der Waals surface area contributed by atoms with Gasteiger partial charge in [0.25, 0.3) is 0 Å². The predicted octanol–water partition coefficient (Wildman–Crippen LogP) is 4.89. The molecule has 28 heavy (non-hydrogen) atoms. The summed E-state index contributed by atoms with van der Waals surface area (Å²) in [6, 6.07) is 0. The van der Waals surface area contributed by atoms with Gasteiger partial charge in [0.2, 0.25) is 0 Å². The Balaban J connectivity index is 3.29. The van der Waals surface area contributed by atoms with Crippen LogP contribution >= 0.6 is 0 Å². The molecule has 5 heteroatoms. The third-order valence-electron chi connectivity index (χ3n) is 5.29. The van der Waals surface area contributed by atoms with E-state index in [1.807, 2.05) is 0 Å². The molecule has 0 aliphatic rings. The number of rotatable bonds is 20. The molecule has 168 valence electrons. The van der Waals surface area contributed by atoms with Crippen molar-refractivity contribution in [1.29, 1.82) is 0 Å². The van der Waals surface area contributed by atoms with Gasteiger partial charge in [-0.2, -0.15) is 0 Å². The van der Waals surface area contributed by atoms with Gasteiger partial charge in [-0.25, -0.2) is 0 Å². The normalized spacial score (nSPS) is 14.6. The van der Waals surface area contributed by atoms with Gasteiger partial charge in [0.1, 0.15) is 18.8 Å². The number of unbranched alkanes of at least 4 members (excludes halogenated alkanes) is 14. The maximum atomic E-state index is 11.6. The molecule has 0 fully saturated rings. The van der Waals surface area contributed by atoms with Gasteiger partial charge in [-0.3, -0.25) is 4.79 Å². The minimum Gasteiger partial charge on any atom is -0.463 e. The first kappa shape index (κ1) is 27.4. The summed E-state index contributed by atoms with van der Waals surface area (Å²) in [5.41, 5.74) is 0. The molecule has 3 N–H and O–H groups in total. The second-order valence-electron chi connectivity index (χ2n) is 8.18. The number of hydrogen-bond donors (Lipinski definition) is 3. The molecule has 0 aromatic carbocycles. The lowest BCUT2D eigenvalue weighted by molar-refractivity contribution is -0.151. The summed E-state index contributed by atoms with van der Waals surface area (Å²) in [4.78, 5) is 11.6. The van der Waals surface area contributed by atoms with Crippen LogP contribution < -0.4 is 0 Å². The molecule has 5 nitrogen and oxygen atoms in total. The van der Waals surface area contributed by atoms with Gasteiger partial charge < -0.3 is 20.1 Å². The van der Waals surface area contributed by atoms with E-state index in [0.717, 1.165) is 19.3 Å². The Kier molecular flexibility index (Phi) is 19.2. The number of hydrogen-bond acceptors (Lipinski definition) is 5. The molecule has 0 radical (unpaired) electrons. The van der Waals surface area contributed by atoms with E-state index in [-0.39, 0.29) is 12.6 Å². The monoisotopic (exact) mass is 402 g/mol. The summed E-state index contributed by atoms with van der Waals surface area (Å²) in [6.45, 7) is 3.37. The largest absolute Gasteiger partial charge is 0.463 e. The van der Waals surface area contributed by atoms with Crippen molar-refractivity contribution in [2.45, 2.75) is 135 Å². The van der Waals surface area contributed by atoms with Crippen LogP contribution in [0.3, 0.4) is 0 Å². The van der Waals surface area contributed by atoms with Gasteiger partial charge in [0, 0.05) is 6.42 Å². The summed E-state index contributed by atoms with van der Waals surface area (Å²) < 4.78 is 4.93. The number of aliphatic hydroxyl groups excluding tert-OH is 3. The standard InChI is InChI=1S/C23H46O5/c1-3-4-5-6-7-8-9-10-11-12-13-14-15-16-17-18-22(26)28-19-21(25)23(27)20(2)24/h20-21,23-25,27H,3-19H2,1-2H3/t20-,21?,23+/m1/s1. The van der Waals surface area contributed by atoms with Gasteiger partial charge in [-0.05, 0) is 13.3 Å². The maximum absolute atomic E-state index is 11.6. The molecule has 0 spiro atoms. The summed E-state index contributed by atoms with van der Waals surface area (Å²) in [5, 5.41) is 28.1. The molecular formula is C23H46O5. The fourth-order valence-corrected chi connectivity index (χ4v) is 3.31. The van der Waals surface area contributed by atoms with Crippen molar-refractivity contribution in [3.8, 4) is 0 Å². The second-order valence-corrected chi connectivity index (χ2v) is 8.18. The highest BCUT2D eigenvalue weighted by Gasteiger charge is 2.22. The van der Waals surface area contributed by atoms with E-state index in [9.17, 15) is 15.0 Å². The fraction of sp³-hybridized carbons (Fsp3) is 0.957. The lowest BCUT2D eigenvalue weighted by atomic mass is 10.0. The van der Waals surface area contributed by atoms with Gasteiger partial charge in [0.15, 0.2) is 0 Å². The van der Waals surface area contributed by atoms with Crippen molar-refractivity contribution in [3.63, 3.8) is 0 Å². The number of esters is 1. The van der Waals surface area contributed by atoms with Gasteiger partial charge in [-0.1, -0.05) is 96.8 Å². The zero-order valence-electron chi connectivity index (χ0n) is 18.4. The average molecular weight is 403 g/mol. The first-order chi connectivity index (χ1) is 13.5.